The van der Waals surface area contributed by atoms with Gasteiger partial charge >= 0.3 is 0 Å². The molecule has 0 aliphatic carbocycles. The lowest BCUT2D eigenvalue weighted by Crippen LogP contribution is -2.05. The van der Waals surface area contributed by atoms with Gasteiger partial charge in [-0.1, -0.05) is 52.3 Å². The summed E-state index contributed by atoms with van der Waals surface area (Å²) in [6.07, 6.45) is 0. The van der Waals surface area contributed by atoms with E-state index in [-0.39, 0.29) is 0 Å². The molecule has 2 N–H and O–H groups in total. The van der Waals surface area contributed by atoms with Crippen LogP contribution < -0.4 is 10.6 Å². The highest BCUT2D eigenvalue weighted by atomic mass is 79.9. The highest BCUT2D eigenvalue weighted by molar-refractivity contribution is 9.10. The Bertz CT molecular complexity index is 834. The van der Waals surface area contributed by atoms with Gasteiger partial charge in [-0.25, -0.2) is 4.98 Å². The Morgan fingerprint density at radius 1 is 0.958 bits per heavy atom. The van der Waals surface area contributed by atoms with Crippen LogP contribution in [0.4, 0.5) is 17.5 Å². The number of aromatic nitrogens is 2. The molecular weight excluding hydrogens is 364 g/mol. The first-order valence-electron chi connectivity index (χ1n) is 7.77. The Morgan fingerprint density at radius 2 is 1.75 bits per heavy atom. The third-order valence-electron chi connectivity index (χ3n) is 3.60. The predicted octanol–water partition coefficient (Wildman–Crippen LogP) is 5.21. The third kappa shape index (κ3) is 4.32. The first-order chi connectivity index (χ1) is 11.6. The molecule has 2 aromatic carbocycles. The van der Waals surface area contributed by atoms with Gasteiger partial charge in [-0.05, 0) is 37.1 Å². The molecule has 4 nitrogen and oxygen atoms in total. The van der Waals surface area contributed by atoms with Crippen LogP contribution in [0.25, 0.3) is 0 Å². The van der Waals surface area contributed by atoms with E-state index in [1.54, 1.807) is 0 Å². The van der Waals surface area contributed by atoms with E-state index in [0.29, 0.717) is 5.95 Å². The van der Waals surface area contributed by atoms with Gasteiger partial charge in [0.2, 0.25) is 5.95 Å². The molecule has 1 aromatic heterocycles. The standard InChI is InChI=1S/C19H19BrN4/c1-13-8-9-16(11-17(13)20)23-19-22-14(2)10-18(24-19)21-12-15-6-4-3-5-7-15/h3-11H,12H2,1-2H3,(H2,21,22,23,24). The normalized spacial score (nSPS) is 10.5. The summed E-state index contributed by atoms with van der Waals surface area (Å²) < 4.78 is 1.06. The fourth-order valence-electron chi connectivity index (χ4n) is 2.30. The number of hydrogen-bond acceptors (Lipinski definition) is 4. The van der Waals surface area contributed by atoms with Crippen molar-refractivity contribution in [1.29, 1.82) is 0 Å². The molecule has 0 radical (unpaired) electrons. The van der Waals surface area contributed by atoms with E-state index in [9.17, 15) is 0 Å². The summed E-state index contributed by atoms with van der Waals surface area (Å²) in [5, 5.41) is 6.61. The summed E-state index contributed by atoms with van der Waals surface area (Å²) in [5.74, 6) is 1.39. The van der Waals surface area contributed by atoms with Crippen molar-refractivity contribution < 1.29 is 0 Å². The number of nitrogens with one attached hydrogen (secondary N) is 2. The van der Waals surface area contributed by atoms with E-state index in [1.807, 2.05) is 43.3 Å². The van der Waals surface area contributed by atoms with Crippen LogP contribution in [0.2, 0.25) is 0 Å². The maximum absolute atomic E-state index is 4.55. The summed E-state index contributed by atoms with van der Waals surface area (Å²) in [7, 11) is 0. The Labute approximate surface area is 150 Å². The average Bonchev–Trinajstić information content (AvgIpc) is 2.57. The van der Waals surface area contributed by atoms with E-state index in [4.69, 9.17) is 0 Å². The van der Waals surface area contributed by atoms with Gasteiger partial charge in [0.1, 0.15) is 5.82 Å². The third-order valence-corrected chi connectivity index (χ3v) is 4.45. The minimum atomic E-state index is 0.585. The number of anilines is 3. The van der Waals surface area contributed by atoms with Crippen molar-refractivity contribution in [1.82, 2.24) is 9.97 Å². The van der Waals surface area contributed by atoms with Gasteiger partial charge in [-0.3, -0.25) is 0 Å². The number of halogens is 1. The molecule has 0 aliphatic heterocycles. The lowest BCUT2D eigenvalue weighted by Gasteiger charge is -2.11. The second-order valence-electron chi connectivity index (χ2n) is 5.65. The molecule has 0 amide bonds. The number of rotatable bonds is 5. The van der Waals surface area contributed by atoms with Crippen molar-refractivity contribution in [2.24, 2.45) is 0 Å². The molecular formula is C19H19BrN4. The van der Waals surface area contributed by atoms with Crippen LogP contribution in [0.1, 0.15) is 16.8 Å². The molecule has 24 heavy (non-hydrogen) atoms. The molecule has 0 fully saturated rings. The maximum atomic E-state index is 4.55. The van der Waals surface area contributed by atoms with Crippen LogP contribution in [-0.4, -0.2) is 9.97 Å². The number of nitrogens with zero attached hydrogens (tertiary/aromatic N) is 2. The minimum Gasteiger partial charge on any atom is -0.366 e. The fraction of sp³-hybridized carbons (Fsp3) is 0.158. The molecule has 3 rings (SSSR count). The molecule has 0 atom stereocenters. The van der Waals surface area contributed by atoms with Crippen molar-refractivity contribution in [2.75, 3.05) is 10.6 Å². The van der Waals surface area contributed by atoms with Crippen molar-refractivity contribution in [3.05, 3.63) is 75.9 Å². The second-order valence-corrected chi connectivity index (χ2v) is 6.50. The number of aryl methyl sites for hydroxylation is 2. The van der Waals surface area contributed by atoms with Crippen LogP contribution in [0.5, 0.6) is 0 Å². The van der Waals surface area contributed by atoms with Crippen molar-refractivity contribution in [3.8, 4) is 0 Å². The Kier molecular flexibility index (Phi) is 5.11. The van der Waals surface area contributed by atoms with Gasteiger partial charge in [0, 0.05) is 28.5 Å². The first-order valence-corrected chi connectivity index (χ1v) is 8.56. The van der Waals surface area contributed by atoms with Crippen LogP contribution in [0.15, 0.2) is 59.1 Å². The van der Waals surface area contributed by atoms with Crippen LogP contribution in [-0.2, 0) is 6.54 Å². The molecule has 0 aliphatic rings. The van der Waals surface area contributed by atoms with Crippen molar-refractivity contribution >= 4 is 33.4 Å². The molecule has 1 heterocycles. The molecule has 0 bridgehead atoms. The summed E-state index contributed by atoms with van der Waals surface area (Å²) in [5.41, 5.74) is 4.27. The topological polar surface area (TPSA) is 49.8 Å². The summed E-state index contributed by atoms with van der Waals surface area (Å²) in [6.45, 7) is 4.75. The summed E-state index contributed by atoms with van der Waals surface area (Å²) in [4.78, 5) is 9.01. The van der Waals surface area contributed by atoms with E-state index in [2.05, 4.69) is 61.7 Å². The largest absolute Gasteiger partial charge is 0.366 e. The molecule has 122 valence electrons. The van der Waals surface area contributed by atoms with Gasteiger partial charge < -0.3 is 10.6 Å². The van der Waals surface area contributed by atoms with E-state index in [0.717, 1.165) is 28.2 Å². The fourth-order valence-corrected chi connectivity index (χ4v) is 2.68. The number of benzene rings is 2. The maximum Gasteiger partial charge on any atom is 0.229 e. The monoisotopic (exact) mass is 382 g/mol. The quantitative estimate of drug-likeness (QED) is 0.635. The molecule has 3 aromatic rings. The van der Waals surface area contributed by atoms with Gasteiger partial charge in [-0.15, -0.1) is 0 Å². The Morgan fingerprint density at radius 3 is 2.50 bits per heavy atom. The van der Waals surface area contributed by atoms with Gasteiger partial charge in [0.05, 0.1) is 0 Å². The molecule has 5 heteroatoms. The van der Waals surface area contributed by atoms with E-state index in [1.165, 1.54) is 11.1 Å². The SMILES string of the molecule is Cc1cc(NCc2ccccc2)nc(Nc2ccc(C)c(Br)c2)n1. The number of hydrogen-bond donors (Lipinski definition) is 2. The average molecular weight is 383 g/mol. The van der Waals surface area contributed by atoms with Crippen LogP contribution in [0.3, 0.4) is 0 Å². The van der Waals surface area contributed by atoms with Crippen LogP contribution >= 0.6 is 15.9 Å². The predicted molar refractivity (Wildman–Crippen MR) is 103 cm³/mol. The van der Waals surface area contributed by atoms with E-state index < -0.39 is 0 Å². The first kappa shape index (κ1) is 16.5. The minimum absolute atomic E-state index is 0.585. The van der Waals surface area contributed by atoms with E-state index >= 15 is 0 Å². The Balaban J connectivity index is 1.74. The van der Waals surface area contributed by atoms with Gasteiger partial charge in [-0.2, -0.15) is 4.98 Å². The zero-order valence-corrected chi connectivity index (χ0v) is 15.3. The zero-order valence-electron chi connectivity index (χ0n) is 13.7. The lowest BCUT2D eigenvalue weighted by atomic mass is 10.2. The summed E-state index contributed by atoms with van der Waals surface area (Å²) >= 11 is 3.55. The summed E-state index contributed by atoms with van der Waals surface area (Å²) in [6, 6.07) is 18.3. The molecule has 0 spiro atoms. The van der Waals surface area contributed by atoms with Gasteiger partial charge in [0.25, 0.3) is 0 Å². The second kappa shape index (κ2) is 7.45. The highest BCUT2D eigenvalue weighted by Crippen LogP contribution is 2.23. The van der Waals surface area contributed by atoms with Crippen molar-refractivity contribution in [2.45, 2.75) is 20.4 Å². The smallest absolute Gasteiger partial charge is 0.229 e. The molecule has 0 unspecified atom stereocenters. The molecule has 0 saturated carbocycles. The lowest BCUT2D eigenvalue weighted by molar-refractivity contribution is 1.06. The van der Waals surface area contributed by atoms with Crippen LogP contribution in [0, 0.1) is 13.8 Å². The Hall–Kier alpha value is -2.40. The zero-order chi connectivity index (χ0) is 16.9. The highest BCUT2D eigenvalue weighted by Gasteiger charge is 2.04. The van der Waals surface area contributed by atoms with Crippen molar-refractivity contribution in [3.63, 3.8) is 0 Å². The van der Waals surface area contributed by atoms with Gasteiger partial charge in [0.15, 0.2) is 0 Å². The molecule has 0 saturated heterocycles.